The van der Waals surface area contributed by atoms with Gasteiger partial charge in [-0.15, -0.1) is 0 Å². The second kappa shape index (κ2) is 6.57. The first-order chi connectivity index (χ1) is 11.2. The van der Waals surface area contributed by atoms with Crippen molar-refractivity contribution in [1.29, 1.82) is 0 Å². The van der Waals surface area contributed by atoms with Gasteiger partial charge in [0.2, 0.25) is 0 Å². The van der Waals surface area contributed by atoms with Crippen LogP contribution < -0.4 is 9.47 Å². The molecule has 23 heavy (non-hydrogen) atoms. The molecule has 4 heteroatoms. The van der Waals surface area contributed by atoms with Crippen molar-refractivity contribution < 1.29 is 9.47 Å². The van der Waals surface area contributed by atoms with Gasteiger partial charge in [0.15, 0.2) is 0 Å². The quantitative estimate of drug-likeness (QED) is 0.721. The zero-order valence-electron chi connectivity index (χ0n) is 13.6. The van der Waals surface area contributed by atoms with E-state index in [4.69, 9.17) is 9.47 Å². The van der Waals surface area contributed by atoms with Crippen molar-refractivity contribution in [1.82, 2.24) is 9.78 Å². The molecule has 0 radical (unpaired) electrons. The van der Waals surface area contributed by atoms with Crippen molar-refractivity contribution in [2.45, 2.75) is 6.42 Å². The van der Waals surface area contributed by atoms with Crippen LogP contribution in [-0.2, 0) is 13.5 Å². The number of aryl methyl sites for hydroxylation is 1. The Morgan fingerprint density at radius 1 is 0.870 bits per heavy atom. The van der Waals surface area contributed by atoms with Gasteiger partial charge in [0.1, 0.15) is 11.5 Å². The Labute approximate surface area is 136 Å². The van der Waals surface area contributed by atoms with E-state index in [9.17, 15) is 0 Å². The number of rotatable bonds is 5. The molecule has 0 aliphatic rings. The molecule has 0 aliphatic carbocycles. The van der Waals surface area contributed by atoms with E-state index in [2.05, 4.69) is 23.3 Å². The van der Waals surface area contributed by atoms with Crippen molar-refractivity contribution in [2.24, 2.45) is 7.05 Å². The topological polar surface area (TPSA) is 36.3 Å². The van der Waals surface area contributed by atoms with Crippen molar-refractivity contribution in [3.63, 3.8) is 0 Å². The lowest BCUT2D eigenvalue weighted by Gasteiger charge is -2.03. The Balaban J connectivity index is 1.81. The zero-order valence-corrected chi connectivity index (χ0v) is 13.6. The molecular weight excluding hydrogens is 288 g/mol. The van der Waals surface area contributed by atoms with Gasteiger partial charge in [0, 0.05) is 24.7 Å². The van der Waals surface area contributed by atoms with Crippen molar-refractivity contribution in [3.05, 3.63) is 65.9 Å². The second-order valence-corrected chi connectivity index (χ2v) is 5.40. The first-order valence-corrected chi connectivity index (χ1v) is 7.50. The Bertz CT molecular complexity index is 774. The summed E-state index contributed by atoms with van der Waals surface area (Å²) in [6.07, 6.45) is 0.837. The summed E-state index contributed by atoms with van der Waals surface area (Å²) in [5.74, 6) is 1.72. The van der Waals surface area contributed by atoms with Crippen LogP contribution in [0.4, 0.5) is 0 Å². The Morgan fingerprint density at radius 2 is 1.43 bits per heavy atom. The minimum Gasteiger partial charge on any atom is -0.497 e. The van der Waals surface area contributed by atoms with Gasteiger partial charge in [-0.3, -0.25) is 4.68 Å². The van der Waals surface area contributed by atoms with E-state index >= 15 is 0 Å². The summed E-state index contributed by atoms with van der Waals surface area (Å²) in [5.41, 5.74) is 4.46. The third kappa shape index (κ3) is 3.37. The van der Waals surface area contributed by atoms with Crippen LogP contribution in [0.3, 0.4) is 0 Å². The van der Waals surface area contributed by atoms with Crippen LogP contribution in [0.15, 0.2) is 54.6 Å². The van der Waals surface area contributed by atoms with Gasteiger partial charge in [-0.2, -0.15) is 5.10 Å². The maximum atomic E-state index is 5.20. The molecule has 0 unspecified atom stereocenters. The maximum Gasteiger partial charge on any atom is 0.118 e. The number of nitrogens with zero attached hydrogens (tertiary/aromatic N) is 2. The molecule has 3 rings (SSSR count). The highest BCUT2D eigenvalue weighted by atomic mass is 16.5. The van der Waals surface area contributed by atoms with Gasteiger partial charge in [-0.25, -0.2) is 0 Å². The first kappa shape index (κ1) is 15.2. The number of methoxy groups -OCH3 is 2. The molecule has 0 spiro atoms. The summed E-state index contributed by atoms with van der Waals surface area (Å²) in [5, 5.41) is 4.62. The van der Waals surface area contributed by atoms with Gasteiger partial charge in [-0.1, -0.05) is 12.1 Å². The van der Waals surface area contributed by atoms with Crippen LogP contribution in [0.5, 0.6) is 11.5 Å². The average Bonchev–Trinajstić information content (AvgIpc) is 2.96. The van der Waals surface area contributed by atoms with E-state index in [1.165, 1.54) is 11.3 Å². The van der Waals surface area contributed by atoms with Crippen LogP contribution in [-0.4, -0.2) is 24.0 Å². The largest absolute Gasteiger partial charge is 0.497 e. The lowest BCUT2D eigenvalue weighted by molar-refractivity contribution is 0.414. The zero-order chi connectivity index (χ0) is 16.2. The van der Waals surface area contributed by atoms with Crippen LogP contribution in [0.25, 0.3) is 11.3 Å². The van der Waals surface area contributed by atoms with Crippen LogP contribution in [0.1, 0.15) is 11.3 Å². The average molecular weight is 308 g/mol. The fourth-order valence-corrected chi connectivity index (χ4v) is 2.53. The van der Waals surface area contributed by atoms with E-state index in [0.29, 0.717) is 0 Å². The lowest BCUT2D eigenvalue weighted by atomic mass is 10.1. The fourth-order valence-electron chi connectivity index (χ4n) is 2.53. The first-order valence-electron chi connectivity index (χ1n) is 7.50. The molecule has 1 heterocycles. The molecule has 4 nitrogen and oxygen atoms in total. The van der Waals surface area contributed by atoms with Crippen molar-refractivity contribution in [2.75, 3.05) is 14.2 Å². The molecule has 0 fully saturated rings. The van der Waals surface area contributed by atoms with Crippen LogP contribution >= 0.6 is 0 Å². The van der Waals surface area contributed by atoms with Crippen molar-refractivity contribution in [3.8, 4) is 22.8 Å². The highest BCUT2D eigenvalue weighted by Gasteiger charge is 2.08. The lowest BCUT2D eigenvalue weighted by Crippen LogP contribution is -1.99. The molecule has 0 bridgehead atoms. The summed E-state index contributed by atoms with van der Waals surface area (Å²) in [6, 6.07) is 18.2. The van der Waals surface area contributed by atoms with Crippen LogP contribution in [0.2, 0.25) is 0 Å². The van der Waals surface area contributed by atoms with E-state index in [0.717, 1.165) is 29.2 Å². The van der Waals surface area contributed by atoms with Crippen LogP contribution in [0, 0.1) is 0 Å². The highest BCUT2D eigenvalue weighted by Crippen LogP contribution is 2.23. The van der Waals surface area contributed by atoms with E-state index < -0.39 is 0 Å². The van der Waals surface area contributed by atoms with Gasteiger partial charge < -0.3 is 9.47 Å². The Morgan fingerprint density at radius 3 is 2.00 bits per heavy atom. The molecular formula is C19H20N2O2. The molecule has 0 saturated carbocycles. The number of hydrogen-bond acceptors (Lipinski definition) is 3. The third-order valence-corrected chi connectivity index (χ3v) is 3.91. The fraction of sp³-hybridized carbons (Fsp3) is 0.211. The summed E-state index contributed by atoms with van der Waals surface area (Å²) in [4.78, 5) is 0. The molecule has 118 valence electrons. The number of ether oxygens (including phenoxy) is 2. The number of hydrogen-bond donors (Lipinski definition) is 0. The van der Waals surface area contributed by atoms with Gasteiger partial charge in [-0.05, 0) is 48.0 Å². The highest BCUT2D eigenvalue weighted by molar-refractivity contribution is 5.60. The maximum absolute atomic E-state index is 5.20. The van der Waals surface area contributed by atoms with E-state index in [1.54, 1.807) is 14.2 Å². The minimum absolute atomic E-state index is 0.837. The molecule has 0 atom stereocenters. The predicted molar refractivity (Wildman–Crippen MR) is 91.0 cm³/mol. The summed E-state index contributed by atoms with van der Waals surface area (Å²) in [7, 11) is 5.33. The third-order valence-electron chi connectivity index (χ3n) is 3.91. The number of benzene rings is 2. The SMILES string of the molecule is COc1ccc(Cc2cc(-c3ccc(OC)cc3)nn2C)cc1. The van der Waals surface area contributed by atoms with Gasteiger partial charge >= 0.3 is 0 Å². The normalized spacial score (nSPS) is 10.6. The molecule has 1 aromatic heterocycles. The molecule has 0 amide bonds. The monoisotopic (exact) mass is 308 g/mol. The molecule has 0 saturated heterocycles. The Kier molecular flexibility index (Phi) is 4.33. The smallest absolute Gasteiger partial charge is 0.118 e. The van der Waals surface area contributed by atoms with Gasteiger partial charge in [0.25, 0.3) is 0 Å². The van der Waals surface area contributed by atoms with Gasteiger partial charge in [0.05, 0.1) is 19.9 Å². The molecule has 0 N–H and O–H groups in total. The van der Waals surface area contributed by atoms with E-state index in [1.807, 2.05) is 48.1 Å². The standard InChI is InChI=1S/C19H20N2O2/c1-21-16(12-14-4-8-17(22-2)9-5-14)13-19(20-21)15-6-10-18(23-3)11-7-15/h4-11,13H,12H2,1-3H3. The summed E-state index contributed by atoms with van der Waals surface area (Å²) >= 11 is 0. The molecule has 2 aromatic carbocycles. The minimum atomic E-state index is 0.837. The summed E-state index contributed by atoms with van der Waals surface area (Å²) < 4.78 is 12.3. The summed E-state index contributed by atoms with van der Waals surface area (Å²) in [6.45, 7) is 0. The number of aromatic nitrogens is 2. The predicted octanol–water partition coefficient (Wildman–Crippen LogP) is 3.70. The van der Waals surface area contributed by atoms with E-state index in [-0.39, 0.29) is 0 Å². The molecule has 3 aromatic rings. The molecule has 0 aliphatic heterocycles. The Hall–Kier alpha value is -2.75. The second-order valence-electron chi connectivity index (χ2n) is 5.40. The van der Waals surface area contributed by atoms with Crippen molar-refractivity contribution >= 4 is 0 Å².